The number of benzene rings is 1. The van der Waals surface area contributed by atoms with Gasteiger partial charge in [-0.05, 0) is 18.8 Å². The number of nitrogens with one attached hydrogen (secondary N) is 1. The van der Waals surface area contributed by atoms with Gasteiger partial charge in [-0.25, -0.2) is 6.57 Å². The third-order valence-corrected chi connectivity index (χ3v) is 6.16. The molecule has 0 amide bonds. The fourth-order valence-electron chi connectivity index (χ4n) is 4.89. The van der Waals surface area contributed by atoms with Crippen molar-refractivity contribution in [2.75, 3.05) is 0 Å². The fourth-order valence-corrected chi connectivity index (χ4v) is 4.89. The van der Waals surface area contributed by atoms with Crippen molar-refractivity contribution in [1.82, 2.24) is 10.2 Å². The summed E-state index contributed by atoms with van der Waals surface area (Å²) in [6.07, 6.45) is 2.53. The average Bonchev–Trinajstić information content (AvgIpc) is 3.04. The molecule has 1 unspecified atom stereocenters. The molecule has 2 aliphatic carbocycles. The molecule has 122 valence electrons. The molecule has 4 nitrogen and oxygen atoms in total. The molecule has 0 bridgehead atoms. The van der Waals surface area contributed by atoms with Crippen molar-refractivity contribution in [2.45, 2.75) is 44.6 Å². The van der Waals surface area contributed by atoms with Gasteiger partial charge in [0.05, 0.1) is 5.69 Å². The van der Waals surface area contributed by atoms with Crippen LogP contribution >= 0.6 is 0 Å². The second-order valence-corrected chi connectivity index (χ2v) is 7.39. The van der Waals surface area contributed by atoms with Crippen LogP contribution < -0.4 is 0 Å². The zero-order valence-electron chi connectivity index (χ0n) is 14.0. The number of Topliss-reactive ketones (excluding diaryl/α,β-unsaturated/α-hetero) is 1. The van der Waals surface area contributed by atoms with Crippen molar-refractivity contribution in [2.24, 2.45) is 11.8 Å². The van der Waals surface area contributed by atoms with Gasteiger partial charge in [-0.2, -0.15) is 5.10 Å². The maximum atomic E-state index is 12.5. The Labute approximate surface area is 142 Å². The Balaban J connectivity index is 1.82. The number of aromatic amines is 1. The highest BCUT2D eigenvalue weighted by atomic mass is 16.1. The zero-order valence-corrected chi connectivity index (χ0v) is 14.0. The molecule has 0 aliphatic heterocycles. The lowest BCUT2D eigenvalue weighted by Gasteiger charge is -2.46. The number of aromatic nitrogens is 2. The molecule has 1 heterocycles. The third kappa shape index (κ3) is 1.97. The number of fused-ring (bicyclic) bond motifs is 3. The van der Waals surface area contributed by atoms with Crippen LogP contribution in [0.25, 0.3) is 16.1 Å². The summed E-state index contributed by atoms with van der Waals surface area (Å²) >= 11 is 0. The summed E-state index contributed by atoms with van der Waals surface area (Å²) in [6, 6.07) is 9.71. The van der Waals surface area contributed by atoms with Crippen LogP contribution in [0.4, 0.5) is 0 Å². The monoisotopic (exact) mass is 319 g/mol. The first-order valence-electron chi connectivity index (χ1n) is 8.59. The summed E-state index contributed by atoms with van der Waals surface area (Å²) in [5.41, 5.74) is 4.39. The molecule has 4 atom stereocenters. The number of hydrogen-bond donors (Lipinski definition) is 1. The summed E-state index contributed by atoms with van der Waals surface area (Å²) in [5.74, 6) is 0.359. The number of carbonyl (C=O) groups is 1. The van der Waals surface area contributed by atoms with Crippen molar-refractivity contribution in [3.63, 3.8) is 0 Å². The van der Waals surface area contributed by atoms with Crippen LogP contribution in [0.5, 0.6) is 0 Å². The molecule has 1 aromatic carbocycles. The van der Waals surface area contributed by atoms with Gasteiger partial charge in [-0.3, -0.25) is 9.89 Å². The van der Waals surface area contributed by atoms with Crippen molar-refractivity contribution < 1.29 is 4.79 Å². The fraction of sp³-hybridized carbons (Fsp3) is 0.450. The minimum absolute atomic E-state index is 0.0560. The minimum Gasteiger partial charge on any atom is -0.305 e. The predicted molar refractivity (Wildman–Crippen MR) is 92.4 cm³/mol. The van der Waals surface area contributed by atoms with Crippen molar-refractivity contribution in [3.8, 4) is 11.3 Å². The maximum absolute atomic E-state index is 12.5. The summed E-state index contributed by atoms with van der Waals surface area (Å²) in [4.78, 5) is 16.1. The standard InChI is InChI=1S/C20H21N3O/c1-12-15-10-9-14-17(13-7-5-4-6-8-13)22-23-19(14)20(15,2)11-16(21-3)18(12)24/h4-8,12,15-16H,9-11H2,1-2H3,(H,22,23)/t12-,15-,16?,20-/m0/s1. The van der Waals surface area contributed by atoms with E-state index in [1.54, 1.807) is 0 Å². The van der Waals surface area contributed by atoms with Crippen LogP contribution in [-0.4, -0.2) is 22.0 Å². The highest BCUT2D eigenvalue weighted by molar-refractivity contribution is 5.89. The molecule has 2 aliphatic rings. The van der Waals surface area contributed by atoms with Gasteiger partial charge in [0.15, 0.2) is 0 Å². The van der Waals surface area contributed by atoms with Gasteiger partial charge in [-0.1, -0.05) is 44.2 Å². The molecule has 0 saturated heterocycles. The summed E-state index contributed by atoms with van der Waals surface area (Å²) < 4.78 is 0. The maximum Gasteiger partial charge on any atom is 0.282 e. The lowest BCUT2D eigenvalue weighted by molar-refractivity contribution is -0.129. The van der Waals surface area contributed by atoms with Crippen molar-refractivity contribution in [1.29, 1.82) is 0 Å². The van der Waals surface area contributed by atoms with Crippen LogP contribution in [-0.2, 0) is 16.6 Å². The van der Waals surface area contributed by atoms with Crippen LogP contribution in [0, 0.1) is 18.4 Å². The van der Waals surface area contributed by atoms with E-state index in [-0.39, 0.29) is 17.1 Å². The van der Waals surface area contributed by atoms with E-state index in [0.717, 1.165) is 29.8 Å². The Kier molecular flexibility index (Phi) is 3.35. The van der Waals surface area contributed by atoms with Gasteiger partial charge >= 0.3 is 0 Å². The normalized spacial score (nSPS) is 31.9. The number of H-pyrrole nitrogens is 1. The molecule has 2 aromatic rings. The van der Waals surface area contributed by atoms with Crippen molar-refractivity contribution >= 4 is 5.78 Å². The Bertz CT molecular complexity index is 832. The molecule has 4 rings (SSSR count). The molecule has 1 aromatic heterocycles. The quantitative estimate of drug-likeness (QED) is 0.813. The Morgan fingerprint density at radius 2 is 2.08 bits per heavy atom. The van der Waals surface area contributed by atoms with E-state index in [2.05, 4.69) is 34.1 Å². The van der Waals surface area contributed by atoms with E-state index in [4.69, 9.17) is 6.57 Å². The first-order valence-corrected chi connectivity index (χ1v) is 8.59. The van der Waals surface area contributed by atoms with E-state index in [1.807, 2.05) is 25.1 Å². The molecular formula is C20H21N3O. The SMILES string of the molecule is [C-]#[N+]C1C[C@]2(C)c3[nH]nc(-c4ccccc4)c3CC[C@H]2[C@H](C)C1=O. The number of rotatable bonds is 1. The first kappa shape index (κ1) is 15.1. The Morgan fingerprint density at radius 3 is 2.79 bits per heavy atom. The van der Waals surface area contributed by atoms with Crippen LogP contribution in [0.2, 0.25) is 0 Å². The van der Waals surface area contributed by atoms with Gasteiger partial charge in [-0.15, -0.1) is 0 Å². The number of hydrogen-bond acceptors (Lipinski definition) is 2. The molecule has 0 radical (unpaired) electrons. The second-order valence-electron chi connectivity index (χ2n) is 7.39. The van der Waals surface area contributed by atoms with Gasteiger partial charge in [0, 0.05) is 34.6 Å². The van der Waals surface area contributed by atoms with Gasteiger partial charge in [0.25, 0.3) is 6.04 Å². The van der Waals surface area contributed by atoms with Crippen LogP contribution in [0.15, 0.2) is 30.3 Å². The number of ketones is 1. The van der Waals surface area contributed by atoms with Gasteiger partial charge < -0.3 is 4.85 Å². The highest BCUT2D eigenvalue weighted by Crippen LogP contribution is 2.52. The van der Waals surface area contributed by atoms with Crippen LogP contribution in [0.3, 0.4) is 0 Å². The van der Waals surface area contributed by atoms with Gasteiger partial charge in [0.1, 0.15) is 0 Å². The third-order valence-electron chi connectivity index (χ3n) is 6.16. The molecule has 24 heavy (non-hydrogen) atoms. The summed E-state index contributed by atoms with van der Waals surface area (Å²) in [7, 11) is 0. The minimum atomic E-state index is -0.518. The first-order chi connectivity index (χ1) is 11.6. The van der Waals surface area contributed by atoms with E-state index < -0.39 is 6.04 Å². The predicted octanol–water partition coefficient (Wildman–Crippen LogP) is 3.79. The molecule has 1 fully saturated rings. The topological polar surface area (TPSA) is 50.1 Å². The smallest absolute Gasteiger partial charge is 0.282 e. The van der Waals surface area contributed by atoms with E-state index in [9.17, 15) is 4.79 Å². The highest BCUT2D eigenvalue weighted by Gasteiger charge is 2.55. The Morgan fingerprint density at radius 1 is 1.33 bits per heavy atom. The lowest BCUT2D eigenvalue weighted by Crippen LogP contribution is -2.51. The molecule has 1 N–H and O–H groups in total. The number of carbonyl (C=O) groups excluding carboxylic acids is 1. The second kappa shape index (κ2) is 5.31. The molecular weight excluding hydrogens is 298 g/mol. The zero-order chi connectivity index (χ0) is 16.9. The molecule has 1 saturated carbocycles. The van der Waals surface area contributed by atoms with Crippen LogP contribution in [0.1, 0.15) is 37.9 Å². The summed E-state index contributed by atoms with van der Waals surface area (Å²) in [6.45, 7) is 11.6. The largest absolute Gasteiger partial charge is 0.305 e. The molecule has 4 heteroatoms. The number of nitrogens with zero attached hydrogens (tertiary/aromatic N) is 2. The van der Waals surface area contributed by atoms with Crippen molar-refractivity contribution in [3.05, 3.63) is 53.0 Å². The van der Waals surface area contributed by atoms with E-state index in [1.165, 1.54) is 5.56 Å². The lowest BCUT2D eigenvalue weighted by atomic mass is 9.55. The van der Waals surface area contributed by atoms with E-state index in [0.29, 0.717) is 12.3 Å². The van der Waals surface area contributed by atoms with Gasteiger partial charge in [0.2, 0.25) is 5.78 Å². The molecule has 0 spiro atoms. The van der Waals surface area contributed by atoms with E-state index >= 15 is 0 Å². The average molecular weight is 319 g/mol. The summed E-state index contributed by atoms with van der Waals surface area (Å²) in [5, 5.41) is 7.89. The Hall–Kier alpha value is -2.41.